The van der Waals surface area contributed by atoms with Crippen LogP contribution in [0.25, 0.3) is 11.1 Å². The molecule has 1 unspecified atom stereocenters. The zero-order chi connectivity index (χ0) is 26.3. The van der Waals surface area contributed by atoms with Gasteiger partial charge in [-0.05, 0) is 98.5 Å². The lowest BCUT2D eigenvalue weighted by Crippen LogP contribution is -2.46. The Morgan fingerprint density at radius 1 is 1.14 bits per heavy atom. The maximum Gasteiger partial charge on any atom is 0.250 e. The second-order valence-corrected chi connectivity index (χ2v) is 10.7. The fourth-order valence-corrected chi connectivity index (χ4v) is 5.75. The van der Waals surface area contributed by atoms with Crippen LogP contribution in [0.1, 0.15) is 35.6 Å². The van der Waals surface area contributed by atoms with Gasteiger partial charge in [-0.15, -0.1) is 0 Å². The molecule has 1 N–H and O–H groups in total. The van der Waals surface area contributed by atoms with Crippen LogP contribution in [0.3, 0.4) is 0 Å². The molecule has 8 heteroatoms. The molecule has 2 heterocycles. The van der Waals surface area contributed by atoms with Crippen LogP contribution in [0, 0.1) is 19.7 Å². The van der Waals surface area contributed by atoms with Gasteiger partial charge in [0.2, 0.25) is 5.91 Å². The number of likely N-dealkylation sites (N-methyl/N-ethyl adjacent to an activating group) is 1. The van der Waals surface area contributed by atoms with E-state index in [-0.39, 0.29) is 17.8 Å². The van der Waals surface area contributed by atoms with Gasteiger partial charge in [-0.1, -0.05) is 23.2 Å². The van der Waals surface area contributed by atoms with Gasteiger partial charge in [0.05, 0.1) is 12.0 Å². The van der Waals surface area contributed by atoms with E-state index in [1.165, 1.54) is 12.1 Å². The predicted molar refractivity (Wildman–Crippen MR) is 150 cm³/mol. The second kappa shape index (κ2) is 10.4. The van der Waals surface area contributed by atoms with Gasteiger partial charge in [-0.25, -0.2) is 9.38 Å². The number of anilines is 1. The highest BCUT2D eigenvalue weighted by molar-refractivity contribution is 6.33. The van der Waals surface area contributed by atoms with Crippen molar-refractivity contribution in [1.82, 2.24) is 10.2 Å². The summed E-state index contributed by atoms with van der Waals surface area (Å²) in [4.78, 5) is 22.5. The smallest absolute Gasteiger partial charge is 0.250 e. The molecule has 1 saturated heterocycles. The highest BCUT2D eigenvalue weighted by atomic mass is 35.5. The molecule has 0 bridgehead atoms. The Bertz CT molecular complexity index is 1370. The van der Waals surface area contributed by atoms with E-state index >= 15 is 0 Å². The second-order valence-electron chi connectivity index (χ2n) is 9.90. The third kappa shape index (κ3) is 5.24. The lowest BCUT2D eigenvalue weighted by molar-refractivity contribution is -0.131. The molecule has 3 aromatic rings. The summed E-state index contributed by atoms with van der Waals surface area (Å²) in [6, 6.07) is 13.5. The quantitative estimate of drug-likeness (QED) is 0.386. The minimum absolute atomic E-state index is 0.0566. The lowest BCUT2D eigenvalue weighted by atomic mass is 9.91. The number of aryl methyl sites for hydroxylation is 2. The SMILES string of the molecule is Cc1cc(Cl)cc(N2C=Nc3cc(C)c(-c4cc(F)ccc4Cl)cc3C2C(=O)N(C)C[C@@H]2CCCN2)c1. The molecule has 0 aromatic heterocycles. The van der Waals surface area contributed by atoms with Gasteiger partial charge in [-0.3, -0.25) is 4.79 Å². The van der Waals surface area contributed by atoms with Crippen LogP contribution in [-0.2, 0) is 4.79 Å². The molecule has 2 aliphatic rings. The molecule has 0 saturated carbocycles. The van der Waals surface area contributed by atoms with Crippen molar-refractivity contribution in [2.75, 3.05) is 25.0 Å². The molecule has 0 radical (unpaired) electrons. The number of hydrogen-bond donors (Lipinski definition) is 1. The molecule has 37 heavy (non-hydrogen) atoms. The van der Waals surface area contributed by atoms with Gasteiger partial charge in [-0.2, -0.15) is 0 Å². The Kier molecular flexibility index (Phi) is 7.26. The zero-order valence-corrected chi connectivity index (χ0v) is 22.6. The van der Waals surface area contributed by atoms with Crippen molar-refractivity contribution in [2.45, 2.75) is 38.8 Å². The number of halogens is 3. The topological polar surface area (TPSA) is 47.9 Å². The van der Waals surface area contributed by atoms with Crippen molar-refractivity contribution in [3.8, 4) is 11.1 Å². The van der Waals surface area contributed by atoms with E-state index in [0.29, 0.717) is 27.8 Å². The molecule has 192 valence electrons. The van der Waals surface area contributed by atoms with Crippen molar-refractivity contribution in [3.63, 3.8) is 0 Å². The summed E-state index contributed by atoms with van der Waals surface area (Å²) in [5.41, 5.74) is 5.43. The maximum absolute atomic E-state index is 14.2. The summed E-state index contributed by atoms with van der Waals surface area (Å²) < 4.78 is 14.2. The Labute approximate surface area is 226 Å². The molecule has 1 amide bonds. The first kappa shape index (κ1) is 25.7. The number of amides is 1. The average molecular weight is 539 g/mol. The first-order chi connectivity index (χ1) is 17.7. The van der Waals surface area contributed by atoms with Crippen LogP contribution >= 0.6 is 23.2 Å². The van der Waals surface area contributed by atoms with Crippen molar-refractivity contribution in [3.05, 3.63) is 81.1 Å². The summed E-state index contributed by atoms with van der Waals surface area (Å²) >= 11 is 12.9. The number of benzene rings is 3. The van der Waals surface area contributed by atoms with E-state index < -0.39 is 6.04 Å². The fourth-order valence-electron chi connectivity index (χ4n) is 5.25. The van der Waals surface area contributed by atoms with Gasteiger partial charge in [0.1, 0.15) is 11.9 Å². The number of hydrogen-bond acceptors (Lipinski definition) is 4. The summed E-state index contributed by atoms with van der Waals surface area (Å²) in [5.74, 6) is -0.430. The maximum atomic E-state index is 14.2. The molecular formula is C29H29Cl2FN4O. The van der Waals surface area contributed by atoms with E-state index in [1.54, 1.807) is 17.3 Å². The number of aliphatic imine (C=N–C) groups is 1. The predicted octanol–water partition coefficient (Wildman–Crippen LogP) is 6.85. The first-order valence-electron chi connectivity index (χ1n) is 12.4. The molecule has 0 spiro atoms. The van der Waals surface area contributed by atoms with E-state index in [2.05, 4.69) is 5.32 Å². The van der Waals surface area contributed by atoms with Crippen LogP contribution in [0.5, 0.6) is 0 Å². The highest BCUT2D eigenvalue weighted by Gasteiger charge is 2.36. The van der Waals surface area contributed by atoms with Crippen LogP contribution in [0.4, 0.5) is 15.8 Å². The van der Waals surface area contributed by atoms with Gasteiger partial charge in [0, 0.05) is 46.5 Å². The molecule has 0 aliphatic carbocycles. The Morgan fingerprint density at radius 2 is 1.95 bits per heavy atom. The minimum Gasteiger partial charge on any atom is -0.342 e. The average Bonchev–Trinajstić information content (AvgIpc) is 3.36. The summed E-state index contributed by atoms with van der Waals surface area (Å²) in [7, 11) is 1.84. The first-order valence-corrected chi connectivity index (χ1v) is 13.1. The number of carbonyl (C=O) groups excluding carboxylic acids is 1. The van der Waals surface area contributed by atoms with Crippen LogP contribution in [0.2, 0.25) is 10.0 Å². The van der Waals surface area contributed by atoms with E-state index in [9.17, 15) is 9.18 Å². The molecule has 5 rings (SSSR count). The Morgan fingerprint density at radius 3 is 2.68 bits per heavy atom. The highest BCUT2D eigenvalue weighted by Crippen LogP contribution is 2.42. The largest absolute Gasteiger partial charge is 0.342 e. The van der Waals surface area contributed by atoms with E-state index in [4.69, 9.17) is 28.2 Å². The van der Waals surface area contributed by atoms with Gasteiger partial charge in [0.15, 0.2) is 0 Å². The summed E-state index contributed by atoms with van der Waals surface area (Å²) in [6.45, 7) is 5.48. The zero-order valence-electron chi connectivity index (χ0n) is 21.1. The minimum atomic E-state index is -0.677. The van der Waals surface area contributed by atoms with E-state index in [0.717, 1.165) is 47.3 Å². The standard InChI is InChI=1S/C29H29Cl2FN4O/c1-17-9-19(30)12-22(10-17)36-16-34-27-11-18(2)23(24-13-20(32)6-7-26(24)31)14-25(27)28(36)29(37)35(3)15-21-5-4-8-33-21/h6-7,9-14,16,21,28,33H,4-5,8,15H2,1-3H3/t21-,28?/m0/s1. The number of fused-ring (bicyclic) bond motifs is 1. The molecule has 3 aromatic carbocycles. The van der Waals surface area contributed by atoms with Gasteiger partial charge in [0.25, 0.3) is 0 Å². The van der Waals surface area contributed by atoms with Gasteiger partial charge < -0.3 is 15.1 Å². The summed E-state index contributed by atoms with van der Waals surface area (Å²) in [5, 5.41) is 4.50. The molecular weight excluding hydrogens is 510 g/mol. The summed E-state index contributed by atoms with van der Waals surface area (Å²) in [6.07, 6.45) is 3.85. The van der Waals surface area contributed by atoms with Crippen LogP contribution in [-0.4, -0.2) is 43.3 Å². The number of rotatable bonds is 5. The van der Waals surface area contributed by atoms with Crippen molar-refractivity contribution in [1.29, 1.82) is 0 Å². The fraction of sp³-hybridized carbons (Fsp3) is 0.310. The van der Waals surface area contributed by atoms with Crippen molar-refractivity contribution < 1.29 is 9.18 Å². The Balaban J connectivity index is 1.63. The number of nitrogens with one attached hydrogen (secondary N) is 1. The number of carbonyl (C=O) groups is 1. The molecule has 1 fully saturated rings. The molecule has 2 aliphatic heterocycles. The Hall–Kier alpha value is -2.93. The monoisotopic (exact) mass is 538 g/mol. The van der Waals surface area contributed by atoms with Crippen LogP contribution < -0.4 is 10.2 Å². The van der Waals surface area contributed by atoms with E-state index in [1.807, 2.05) is 56.1 Å². The van der Waals surface area contributed by atoms with Gasteiger partial charge >= 0.3 is 0 Å². The third-order valence-electron chi connectivity index (χ3n) is 7.08. The van der Waals surface area contributed by atoms with Crippen LogP contribution in [0.15, 0.2) is 53.5 Å². The molecule has 5 nitrogen and oxygen atoms in total. The number of nitrogens with zero attached hydrogens (tertiary/aromatic N) is 3. The van der Waals surface area contributed by atoms with Crippen molar-refractivity contribution in [2.24, 2.45) is 4.99 Å². The molecule has 2 atom stereocenters. The lowest BCUT2D eigenvalue weighted by Gasteiger charge is -2.36. The van der Waals surface area contributed by atoms with Crippen molar-refractivity contribution >= 4 is 46.8 Å². The third-order valence-corrected chi connectivity index (χ3v) is 7.63. The normalized spacial score (nSPS) is 18.7.